The molecule has 8 nitrogen and oxygen atoms in total. The second-order valence-corrected chi connectivity index (χ2v) is 9.22. The molecular formula is C26H31N3O5. The van der Waals surface area contributed by atoms with Crippen LogP contribution in [0.5, 0.6) is 11.5 Å². The first-order valence-electron chi connectivity index (χ1n) is 11.7. The molecule has 8 heteroatoms. The minimum Gasteiger partial charge on any atom is -0.454 e. The third-order valence-electron chi connectivity index (χ3n) is 6.32. The number of ether oxygens (including phenoxy) is 2. The van der Waals surface area contributed by atoms with Gasteiger partial charge < -0.3 is 25.0 Å². The van der Waals surface area contributed by atoms with Crippen molar-refractivity contribution in [3.8, 4) is 11.5 Å². The summed E-state index contributed by atoms with van der Waals surface area (Å²) in [5, 5.41) is 5.85. The molecule has 2 aromatic carbocycles. The Labute approximate surface area is 199 Å². The van der Waals surface area contributed by atoms with Gasteiger partial charge in [-0.25, -0.2) is 0 Å². The molecule has 1 atom stereocenters. The fourth-order valence-corrected chi connectivity index (χ4v) is 4.30. The van der Waals surface area contributed by atoms with Crippen LogP contribution in [0.4, 0.5) is 5.69 Å². The van der Waals surface area contributed by atoms with Crippen molar-refractivity contribution in [3.63, 3.8) is 0 Å². The van der Waals surface area contributed by atoms with E-state index >= 15 is 0 Å². The van der Waals surface area contributed by atoms with Crippen LogP contribution in [0.2, 0.25) is 0 Å². The molecular weight excluding hydrogens is 434 g/mol. The summed E-state index contributed by atoms with van der Waals surface area (Å²) in [6.07, 6.45) is 1.14. The molecule has 0 saturated carbocycles. The number of likely N-dealkylation sites (tertiary alicyclic amines) is 1. The summed E-state index contributed by atoms with van der Waals surface area (Å²) < 4.78 is 10.7. The van der Waals surface area contributed by atoms with Crippen molar-refractivity contribution >= 4 is 23.4 Å². The lowest BCUT2D eigenvalue weighted by Gasteiger charge is -2.35. The molecule has 34 heavy (non-hydrogen) atoms. The first-order chi connectivity index (χ1) is 16.3. The smallest absolute Gasteiger partial charge is 0.251 e. The highest BCUT2D eigenvalue weighted by Crippen LogP contribution is 2.34. The number of rotatable bonds is 6. The zero-order chi connectivity index (χ0) is 24.2. The van der Waals surface area contributed by atoms with Crippen LogP contribution in [0, 0.1) is 18.8 Å². The first kappa shape index (κ1) is 23.6. The Bertz CT molecular complexity index is 1080. The maximum Gasteiger partial charge on any atom is 0.251 e. The van der Waals surface area contributed by atoms with E-state index < -0.39 is 6.04 Å². The number of benzene rings is 2. The Morgan fingerprint density at radius 2 is 1.74 bits per heavy atom. The van der Waals surface area contributed by atoms with Crippen molar-refractivity contribution in [2.24, 2.45) is 11.8 Å². The Kier molecular flexibility index (Phi) is 7.05. The average molecular weight is 466 g/mol. The van der Waals surface area contributed by atoms with Crippen LogP contribution in [-0.2, 0) is 9.59 Å². The number of anilines is 1. The van der Waals surface area contributed by atoms with Crippen LogP contribution >= 0.6 is 0 Å². The minimum absolute atomic E-state index is 0.0618. The Balaban J connectivity index is 1.32. The fraction of sp³-hybridized carbons (Fsp3) is 0.423. The van der Waals surface area contributed by atoms with Gasteiger partial charge in [-0.3, -0.25) is 14.4 Å². The topological polar surface area (TPSA) is 97.0 Å². The molecule has 1 saturated heterocycles. The molecule has 3 amide bonds. The third kappa shape index (κ3) is 5.32. The molecule has 1 fully saturated rings. The fourth-order valence-electron chi connectivity index (χ4n) is 4.30. The summed E-state index contributed by atoms with van der Waals surface area (Å²) >= 11 is 0. The summed E-state index contributed by atoms with van der Waals surface area (Å²) in [5.41, 5.74) is 2.19. The van der Waals surface area contributed by atoms with Gasteiger partial charge in [0.15, 0.2) is 11.5 Å². The molecule has 2 aromatic rings. The van der Waals surface area contributed by atoms with E-state index in [1.165, 1.54) is 0 Å². The van der Waals surface area contributed by atoms with Gasteiger partial charge in [-0.1, -0.05) is 31.5 Å². The quantitative estimate of drug-likeness (QED) is 0.682. The standard InChI is InChI=1S/C26H31N3O5/c1-16(2)23(28-25(31)19-6-4-5-17(3)13-19)26(32)29-11-9-18(10-12-29)24(30)27-20-7-8-21-22(14-20)34-15-33-21/h4-8,13-14,16,18,23H,9-12,15H2,1-3H3,(H,27,30)(H,28,31). The number of carbonyl (C=O) groups is 3. The highest BCUT2D eigenvalue weighted by molar-refractivity contribution is 5.98. The number of nitrogens with zero attached hydrogens (tertiary/aromatic N) is 1. The summed E-state index contributed by atoms with van der Waals surface area (Å²) in [6, 6.07) is 12.0. The van der Waals surface area contributed by atoms with Crippen molar-refractivity contribution in [2.45, 2.75) is 39.7 Å². The zero-order valence-electron chi connectivity index (χ0n) is 19.8. The predicted molar refractivity (Wildman–Crippen MR) is 128 cm³/mol. The average Bonchev–Trinajstić information content (AvgIpc) is 3.30. The lowest BCUT2D eigenvalue weighted by Crippen LogP contribution is -2.53. The van der Waals surface area contributed by atoms with Crippen molar-refractivity contribution in [3.05, 3.63) is 53.6 Å². The summed E-state index contributed by atoms with van der Waals surface area (Å²) in [5.74, 6) is 0.602. The first-order valence-corrected chi connectivity index (χ1v) is 11.7. The summed E-state index contributed by atoms with van der Waals surface area (Å²) in [7, 11) is 0. The molecule has 0 aliphatic carbocycles. The normalized spacial score (nSPS) is 16.3. The number of fused-ring (bicyclic) bond motifs is 1. The van der Waals surface area contributed by atoms with E-state index in [-0.39, 0.29) is 36.4 Å². The van der Waals surface area contributed by atoms with Crippen molar-refractivity contribution < 1.29 is 23.9 Å². The predicted octanol–water partition coefficient (Wildman–Crippen LogP) is 3.36. The highest BCUT2D eigenvalue weighted by atomic mass is 16.7. The molecule has 2 N–H and O–H groups in total. The van der Waals surface area contributed by atoms with Crippen molar-refractivity contribution in [1.82, 2.24) is 10.2 Å². The number of hydrogen-bond donors (Lipinski definition) is 2. The third-order valence-corrected chi connectivity index (χ3v) is 6.32. The largest absolute Gasteiger partial charge is 0.454 e. The lowest BCUT2D eigenvalue weighted by molar-refractivity contribution is -0.137. The maximum absolute atomic E-state index is 13.2. The highest BCUT2D eigenvalue weighted by Gasteiger charge is 2.33. The van der Waals surface area contributed by atoms with Gasteiger partial charge in [-0.15, -0.1) is 0 Å². The SMILES string of the molecule is Cc1cccc(C(=O)NC(C(=O)N2CCC(C(=O)Nc3ccc4c(c3)OCO4)CC2)C(C)C)c1. The van der Waals surface area contributed by atoms with E-state index in [9.17, 15) is 14.4 Å². The van der Waals surface area contributed by atoms with Crippen LogP contribution in [0.25, 0.3) is 0 Å². The number of hydrogen-bond acceptors (Lipinski definition) is 5. The molecule has 0 radical (unpaired) electrons. The van der Waals surface area contributed by atoms with Gasteiger partial charge in [0.25, 0.3) is 5.91 Å². The van der Waals surface area contributed by atoms with E-state index in [0.717, 1.165) is 5.56 Å². The van der Waals surface area contributed by atoms with E-state index in [4.69, 9.17) is 9.47 Å². The summed E-state index contributed by atoms with van der Waals surface area (Å²) in [4.78, 5) is 40.5. The number of aryl methyl sites for hydroxylation is 1. The van der Waals surface area contributed by atoms with E-state index in [2.05, 4.69) is 10.6 Å². The van der Waals surface area contributed by atoms with E-state index in [1.807, 2.05) is 32.9 Å². The second kappa shape index (κ2) is 10.2. The minimum atomic E-state index is -0.618. The van der Waals surface area contributed by atoms with Crippen LogP contribution in [0.15, 0.2) is 42.5 Å². The van der Waals surface area contributed by atoms with Gasteiger partial charge in [0.2, 0.25) is 18.6 Å². The number of nitrogens with one attached hydrogen (secondary N) is 2. The van der Waals surface area contributed by atoms with Gasteiger partial charge in [0.1, 0.15) is 6.04 Å². The Morgan fingerprint density at radius 1 is 1.00 bits per heavy atom. The number of piperidine rings is 1. The number of carbonyl (C=O) groups excluding carboxylic acids is 3. The van der Waals surface area contributed by atoms with E-state index in [1.54, 1.807) is 35.2 Å². The molecule has 0 spiro atoms. The molecule has 1 unspecified atom stereocenters. The molecule has 2 aliphatic heterocycles. The van der Waals surface area contributed by atoms with Crippen LogP contribution in [-0.4, -0.2) is 48.5 Å². The summed E-state index contributed by atoms with van der Waals surface area (Å²) in [6.45, 7) is 6.90. The van der Waals surface area contributed by atoms with Crippen LogP contribution in [0.1, 0.15) is 42.6 Å². The Hall–Kier alpha value is -3.55. The number of amides is 3. The second-order valence-electron chi connectivity index (χ2n) is 9.22. The lowest BCUT2D eigenvalue weighted by atomic mass is 9.94. The molecule has 180 valence electrons. The molecule has 2 heterocycles. The molecule has 0 bridgehead atoms. The van der Waals surface area contributed by atoms with Gasteiger partial charge in [-0.05, 0) is 49.9 Å². The van der Waals surface area contributed by atoms with Crippen molar-refractivity contribution in [2.75, 3.05) is 25.2 Å². The Morgan fingerprint density at radius 3 is 2.44 bits per heavy atom. The van der Waals surface area contributed by atoms with Gasteiger partial charge in [0.05, 0.1) is 0 Å². The zero-order valence-corrected chi connectivity index (χ0v) is 19.8. The van der Waals surface area contributed by atoms with E-state index in [0.29, 0.717) is 48.7 Å². The van der Waals surface area contributed by atoms with Crippen LogP contribution in [0.3, 0.4) is 0 Å². The van der Waals surface area contributed by atoms with Crippen LogP contribution < -0.4 is 20.1 Å². The van der Waals surface area contributed by atoms with Gasteiger partial charge in [-0.2, -0.15) is 0 Å². The molecule has 0 aromatic heterocycles. The molecule has 4 rings (SSSR count). The van der Waals surface area contributed by atoms with Crippen molar-refractivity contribution in [1.29, 1.82) is 0 Å². The van der Waals surface area contributed by atoms with Gasteiger partial charge in [0, 0.05) is 36.3 Å². The monoisotopic (exact) mass is 465 g/mol. The van der Waals surface area contributed by atoms with Gasteiger partial charge >= 0.3 is 0 Å². The molecule has 2 aliphatic rings. The maximum atomic E-state index is 13.2.